The van der Waals surface area contributed by atoms with E-state index in [1.807, 2.05) is 0 Å². The van der Waals surface area contributed by atoms with Gasteiger partial charge in [-0.15, -0.1) is 0 Å². The van der Waals surface area contributed by atoms with Crippen molar-refractivity contribution in [3.63, 3.8) is 0 Å². The lowest BCUT2D eigenvalue weighted by Gasteiger charge is -2.09. The molecule has 1 aromatic heterocycles. The van der Waals surface area contributed by atoms with E-state index < -0.39 is 0 Å². The van der Waals surface area contributed by atoms with Gasteiger partial charge >= 0.3 is 0 Å². The fraction of sp³-hybridized carbons (Fsp3) is 0.308. The summed E-state index contributed by atoms with van der Waals surface area (Å²) in [6.07, 6.45) is 2.18. The van der Waals surface area contributed by atoms with Crippen LogP contribution in [0, 0.1) is 6.92 Å². The van der Waals surface area contributed by atoms with Gasteiger partial charge in [-0.05, 0) is 24.5 Å². The largest absolute Gasteiger partial charge is 0.358 e. The average Bonchev–Trinajstić information content (AvgIpc) is 2.58. The molecule has 0 saturated carbocycles. The number of nitrogens with one attached hydrogen (secondary N) is 1. The molecule has 1 aromatic carbocycles. The van der Waals surface area contributed by atoms with E-state index in [1.54, 1.807) is 0 Å². The molecule has 1 aliphatic rings. The molecule has 0 fully saturated rings. The van der Waals surface area contributed by atoms with Crippen LogP contribution in [-0.2, 0) is 17.6 Å². The molecule has 76 valence electrons. The monoisotopic (exact) mass is 199 g/mol. The van der Waals surface area contributed by atoms with E-state index in [1.165, 1.54) is 27.7 Å². The molecule has 0 bridgehead atoms. The summed E-state index contributed by atoms with van der Waals surface area (Å²) >= 11 is 0. The number of fused-ring (bicyclic) bond motifs is 3. The standard InChI is InChI=1S/C13H13NO/c1-8-3-2-4-10-11-7-9(15)5-6-12(11)14-13(8)10/h2-4,14H,5-7H2,1H3. The van der Waals surface area contributed by atoms with Gasteiger partial charge in [-0.25, -0.2) is 0 Å². The summed E-state index contributed by atoms with van der Waals surface area (Å²) in [5.41, 5.74) is 4.95. The van der Waals surface area contributed by atoms with E-state index in [-0.39, 0.29) is 0 Å². The van der Waals surface area contributed by atoms with Crippen LogP contribution in [0.5, 0.6) is 0 Å². The topological polar surface area (TPSA) is 32.9 Å². The highest BCUT2D eigenvalue weighted by Crippen LogP contribution is 2.29. The Morgan fingerprint density at radius 2 is 2.13 bits per heavy atom. The zero-order valence-corrected chi connectivity index (χ0v) is 8.76. The summed E-state index contributed by atoms with van der Waals surface area (Å²) in [6.45, 7) is 2.10. The van der Waals surface area contributed by atoms with E-state index in [2.05, 4.69) is 30.1 Å². The SMILES string of the molecule is Cc1cccc2c3c([nH]c12)CCC(=O)C3. The molecule has 1 N–H and O–H groups in total. The number of Topliss-reactive ketones (excluding diaryl/α,β-unsaturated/α-hetero) is 1. The fourth-order valence-corrected chi connectivity index (χ4v) is 2.44. The molecule has 0 spiro atoms. The molecule has 0 saturated heterocycles. The van der Waals surface area contributed by atoms with Gasteiger partial charge in [-0.2, -0.15) is 0 Å². The van der Waals surface area contributed by atoms with Gasteiger partial charge in [0.25, 0.3) is 0 Å². The lowest BCUT2D eigenvalue weighted by molar-refractivity contribution is -0.118. The predicted octanol–water partition coefficient (Wildman–Crippen LogP) is 2.53. The van der Waals surface area contributed by atoms with Gasteiger partial charge in [0.2, 0.25) is 0 Å². The van der Waals surface area contributed by atoms with Gasteiger partial charge in [0.15, 0.2) is 0 Å². The quantitative estimate of drug-likeness (QED) is 0.694. The van der Waals surface area contributed by atoms with E-state index in [0.29, 0.717) is 18.6 Å². The van der Waals surface area contributed by atoms with E-state index in [4.69, 9.17) is 0 Å². The minimum Gasteiger partial charge on any atom is -0.358 e. The van der Waals surface area contributed by atoms with Crippen LogP contribution in [0.3, 0.4) is 0 Å². The third-order valence-corrected chi connectivity index (χ3v) is 3.27. The number of H-pyrrole nitrogens is 1. The first-order valence-electron chi connectivity index (χ1n) is 5.36. The number of hydrogen-bond acceptors (Lipinski definition) is 1. The van der Waals surface area contributed by atoms with Crippen molar-refractivity contribution in [2.24, 2.45) is 0 Å². The molecule has 1 aliphatic carbocycles. The van der Waals surface area contributed by atoms with Crippen LogP contribution in [0.25, 0.3) is 10.9 Å². The zero-order valence-electron chi connectivity index (χ0n) is 8.76. The second-order valence-corrected chi connectivity index (χ2v) is 4.30. The summed E-state index contributed by atoms with van der Waals surface area (Å²) < 4.78 is 0. The Kier molecular flexibility index (Phi) is 1.72. The molecular formula is C13H13NO. The molecule has 2 nitrogen and oxygen atoms in total. The minimum atomic E-state index is 0.366. The Morgan fingerprint density at radius 1 is 1.27 bits per heavy atom. The normalized spacial score (nSPS) is 15.7. The van der Waals surface area contributed by atoms with Gasteiger partial charge in [-0.1, -0.05) is 18.2 Å². The summed E-state index contributed by atoms with van der Waals surface area (Å²) in [6, 6.07) is 6.27. The number of aryl methyl sites for hydroxylation is 2. The van der Waals surface area contributed by atoms with Crippen molar-refractivity contribution in [3.05, 3.63) is 35.0 Å². The fourth-order valence-electron chi connectivity index (χ4n) is 2.44. The lowest BCUT2D eigenvalue weighted by atomic mass is 9.94. The number of hydrogen-bond donors (Lipinski definition) is 1. The molecule has 1 heterocycles. The van der Waals surface area contributed by atoms with Gasteiger partial charge in [0.05, 0.1) is 0 Å². The highest BCUT2D eigenvalue weighted by atomic mass is 16.1. The van der Waals surface area contributed by atoms with Crippen molar-refractivity contribution in [1.29, 1.82) is 0 Å². The first-order valence-corrected chi connectivity index (χ1v) is 5.36. The van der Waals surface area contributed by atoms with Crippen molar-refractivity contribution in [3.8, 4) is 0 Å². The second kappa shape index (κ2) is 2.96. The summed E-state index contributed by atoms with van der Waals surface area (Å²) in [5.74, 6) is 0.366. The zero-order chi connectivity index (χ0) is 10.4. The smallest absolute Gasteiger partial charge is 0.137 e. The van der Waals surface area contributed by atoms with Gasteiger partial charge in [0.1, 0.15) is 5.78 Å². The molecule has 2 heteroatoms. The highest BCUT2D eigenvalue weighted by Gasteiger charge is 2.20. The molecule has 0 amide bonds. The van der Waals surface area contributed by atoms with Crippen LogP contribution in [0.2, 0.25) is 0 Å². The third kappa shape index (κ3) is 1.21. The number of carbonyl (C=O) groups is 1. The van der Waals surface area contributed by atoms with Crippen LogP contribution in [0.4, 0.5) is 0 Å². The van der Waals surface area contributed by atoms with E-state index in [9.17, 15) is 4.79 Å². The van der Waals surface area contributed by atoms with E-state index >= 15 is 0 Å². The highest BCUT2D eigenvalue weighted by molar-refractivity contribution is 5.94. The Balaban J connectivity index is 2.33. The van der Waals surface area contributed by atoms with Crippen LogP contribution in [0.1, 0.15) is 23.2 Å². The van der Waals surface area contributed by atoms with Crippen LogP contribution in [-0.4, -0.2) is 10.8 Å². The Labute approximate surface area is 88.3 Å². The number of ketones is 1. The van der Waals surface area contributed by atoms with Crippen molar-refractivity contribution < 1.29 is 4.79 Å². The lowest BCUT2D eigenvalue weighted by Crippen LogP contribution is -2.11. The number of rotatable bonds is 0. The Bertz CT molecular complexity index is 551. The number of aromatic amines is 1. The molecule has 0 unspecified atom stereocenters. The van der Waals surface area contributed by atoms with Crippen LogP contribution < -0.4 is 0 Å². The molecule has 0 aliphatic heterocycles. The van der Waals surface area contributed by atoms with Gasteiger partial charge < -0.3 is 4.98 Å². The molecule has 0 atom stereocenters. The van der Waals surface area contributed by atoms with E-state index in [0.717, 1.165) is 6.42 Å². The van der Waals surface area contributed by atoms with Crippen molar-refractivity contribution >= 4 is 16.7 Å². The maximum absolute atomic E-state index is 11.4. The molecule has 15 heavy (non-hydrogen) atoms. The first-order chi connectivity index (χ1) is 7.25. The second-order valence-electron chi connectivity index (χ2n) is 4.30. The maximum Gasteiger partial charge on any atom is 0.137 e. The number of aromatic nitrogens is 1. The molecule has 2 aromatic rings. The molecular weight excluding hydrogens is 186 g/mol. The van der Waals surface area contributed by atoms with Crippen molar-refractivity contribution in [2.45, 2.75) is 26.2 Å². The predicted molar refractivity (Wildman–Crippen MR) is 60.1 cm³/mol. The van der Waals surface area contributed by atoms with Crippen molar-refractivity contribution in [2.75, 3.05) is 0 Å². The summed E-state index contributed by atoms with van der Waals surface area (Å²) in [7, 11) is 0. The van der Waals surface area contributed by atoms with Crippen LogP contribution in [0.15, 0.2) is 18.2 Å². The number of carbonyl (C=O) groups excluding carboxylic acids is 1. The molecule has 3 rings (SSSR count). The minimum absolute atomic E-state index is 0.366. The Hall–Kier alpha value is -1.57. The number of benzene rings is 1. The third-order valence-electron chi connectivity index (χ3n) is 3.27. The summed E-state index contributed by atoms with van der Waals surface area (Å²) in [4.78, 5) is 14.9. The Morgan fingerprint density at radius 3 is 3.00 bits per heavy atom. The van der Waals surface area contributed by atoms with Crippen LogP contribution >= 0.6 is 0 Å². The summed E-state index contributed by atoms with van der Waals surface area (Å²) in [5, 5.41) is 1.23. The average molecular weight is 199 g/mol. The van der Waals surface area contributed by atoms with Gasteiger partial charge in [-0.3, -0.25) is 4.79 Å². The van der Waals surface area contributed by atoms with Gasteiger partial charge in [0, 0.05) is 29.4 Å². The number of para-hydroxylation sites is 1. The maximum atomic E-state index is 11.4. The van der Waals surface area contributed by atoms with Crippen molar-refractivity contribution in [1.82, 2.24) is 4.98 Å². The molecule has 0 radical (unpaired) electrons. The first kappa shape index (κ1) is 8.72.